The number of aryl methyl sites for hydroxylation is 2. The van der Waals surface area contributed by atoms with Gasteiger partial charge < -0.3 is 5.32 Å². The van der Waals surface area contributed by atoms with Crippen LogP contribution in [0.25, 0.3) is 5.65 Å². The van der Waals surface area contributed by atoms with Gasteiger partial charge >= 0.3 is 0 Å². The zero-order valence-corrected chi connectivity index (χ0v) is 13.8. The second kappa shape index (κ2) is 6.73. The zero-order valence-electron chi connectivity index (χ0n) is 13.8. The molecule has 1 N–H and O–H groups in total. The number of carbonyl (C=O) groups excluding carboxylic acids is 1. The van der Waals surface area contributed by atoms with Crippen LogP contribution < -0.4 is 5.32 Å². The summed E-state index contributed by atoms with van der Waals surface area (Å²) >= 11 is 0. The van der Waals surface area contributed by atoms with Gasteiger partial charge in [-0.25, -0.2) is 27.1 Å². The van der Waals surface area contributed by atoms with E-state index in [0.717, 1.165) is 11.8 Å². The van der Waals surface area contributed by atoms with Crippen LogP contribution in [-0.2, 0) is 13.6 Å². The van der Waals surface area contributed by atoms with Crippen LogP contribution in [0.1, 0.15) is 46.1 Å². The van der Waals surface area contributed by atoms with Gasteiger partial charge in [-0.3, -0.25) is 9.48 Å². The Bertz CT molecular complexity index is 945. The lowest BCUT2D eigenvalue weighted by atomic mass is 10.3. The fourth-order valence-corrected chi connectivity index (χ4v) is 2.38. The third kappa shape index (κ3) is 3.37. The molecule has 26 heavy (non-hydrogen) atoms. The van der Waals surface area contributed by atoms with Crippen LogP contribution in [0.5, 0.6) is 0 Å². The molecule has 0 aliphatic rings. The molecule has 3 aromatic heterocycles. The number of alkyl halides is 4. The summed E-state index contributed by atoms with van der Waals surface area (Å²) in [7, 11) is 1.75. The molecule has 0 spiro atoms. The van der Waals surface area contributed by atoms with Gasteiger partial charge in [-0.15, -0.1) is 0 Å². The Hall–Kier alpha value is -2.98. The van der Waals surface area contributed by atoms with Crippen molar-refractivity contribution >= 4 is 11.6 Å². The molecule has 0 saturated carbocycles. The molecule has 3 aromatic rings. The summed E-state index contributed by atoms with van der Waals surface area (Å²) in [4.78, 5) is 15.8. The lowest BCUT2D eigenvalue weighted by Crippen LogP contribution is -2.23. The lowest BCUT2D eigenvalue weighted by molar-refractivity contribution is 0.0943. The molecule has 7 nitrogen and oxygen atoms in total. The van der Waals surface area contributed by atoms with Gasteiger partial charge in [0.25, 0.3) is 18.8 Å². The summed E-state index contributed by atoms with van der Waals surface area (Å²) < 4.78 is 54.2. The normalized spacial score (nSPS) is 11.7. The molecule has 0 saturated heterocycles. The first kappa shape index (κ1) is 17.8. The minimum Gasteiger partial charge on any atom is -0.345 e. The minimum atomic E-state index is -3.05. The Morgan fingerprint density at radius 3 is 2.46 bits per heavy atom. The van der Waals surface area contributed by atoms with Crippen molar-refractivity contribution in [3.63, 3.8) is 0 Å². The predicted octanol–water partition coefficient (Wildman–Crippen LogP) is 2.58. The predicted molar refractivity (Wildman–Crippen MR) is 82.0 cm³/mol. The van der Waals surface area contributed by atoms with E-state index in [2.05, 4.69) is 20.5 Å². The topological polar surface area (TPSA) is 77.1 Å². The molecule has 0 aliphatic carbocycles. The number of halogens is 4. The SMILES string of the molecule is Cc1cc(CNC(=O)c2cc3nc(C(F)F)cc(C(F)F)n3n2)nn1C. The number of aromatic nitrogens is 5. The Morgan fingerprint density at radius 2 is 1.88 bits per heavy atom. The quantitative estimate of drug-likeness (QED) is 0.701. The van der Waals surface area contributed by atoms with Crippen LogP contribution in [0, 0.1) is 6.92 Å². The van der Waals surface area contributed by atoms with Crippen molar-refractivity contribution in [2.45, 2.75) is 26.3 Å². The van der Waals surface area contributed by atoms with Crippen molar-refractivity contribution < 1.29 is 22.4 Å². The van der Waals surface area contributed by atoms with Crippen molar-refractivity contribution in [3.8, 4) is 0 Å². The van der Waals surface area contributed by atoms with Gasteiger partial charge in [0, 0.05) is 18.8 Å². The third-order valence-electron chi connectivity index (χ3n) is 3.75. The van der Waals surface area contributed by atoms with Crippen LogP contribution in [0.4, 0.5) is 17.6 Å². The van der Waals surface area contributed by atoms with Crippen molar-refractivity contribution in [1.82, 2.24) is 29.7 Å². The van der Waals surface area contributed by atoms with Crippen molar-refractivity contribution in [3.05, 3.63) is 46.7 Å². The minimum absolute atomic E-state index is 0.103. The van der Waals surface area contributed by atoms with E-state index in [1.165, 1.54) is 0 Å². The first-order valence-electron chi connectivity index (χ1n) is 7.51. The number of hydrogen-bond acceptors (Lipinski definition) is 4. The molecule has 0 aromatic carbocycles. The summed E-state index contributed by atoms with van der Waals surface area (Å²) in [5.41, 5.74) is -0.524. The van der Waals surface area contributed by atoms with Crippen LogP contribution in [-0.4, -0.2) is 30.3 Å². The number of nitrogens with one attached hydrogen (secondary N) is 1. The van der Waals surface area contributed by atoms with E-state index in [1.807, 2.05) is 6.92 Å². The fraction of sp³-hybridized carbons (Fsp3) is 0.333. The molecule has 0 fully saturated rings. The number of nitrogens with zero attached hydrogens (tertiary/aromatic N) is 5. The monoisotopic (exact) mass is 370 g/mol. The maximum atomic E-state index is 13.1. The molecule has 3 rings (SSSR count). The largest absolute Gasteiger partial charge is 0.345 e. The van der Waals surface area contributed by atoms with E-state index in [-0.39, 0.29) is 17.9 Å². The Labute approximate surface area is 144 Å². The Morgan fingerprint density at radius 1 is 1.15 bits per heavy atom. The van der Waals surface area contributed by atoms with E-state index in [1.54, 1.807) is 17.8 Å². The number of amides is 1. The maximum Gasteiger partial charge on any atom is 0.280 e. The van der Waals surface area contributed by atoms with Crippen molar-refractivity contribution in [2.24, 2.45) is 7.05 Å². The fourth-order valence-electron chi connectivity index (χ4n) is 2.38. The molecule has 0 aliphatic heterocycles. The van der Waals surface area contributed by atoms with Gasteiger partial charge in [0.1, 0.15) is 11.4 Å². The Kier molecular flexibility index (Phi) is 4.62. The molecule has 138 valence electrons. The van der Waals surface area contributed by atoms with Gasteiger partial charge in [-0.05, 0) is 19.1 Å². The molecule has 0 bridgehead atoms. The molecule has 0 unspecified atom stereocenters. The van der Waals surface area contributed by atoms with Gasteiger partial charge in [-0.1, -0.05) is 0 Å². The van der Waals surface area contributed by atoms with Gasteiger partial charge in [0.05, 0.1) is 12.2 Å². The van der Waals surface area contributed by atoms with Crippen LogP contribution in [0.2, 0.25) is 0 Å². The average Bonchev–Trinajstić information content (AvgIpc) is 3.14. The highest BCUT2D eigenvalue weighted by Crippen LogP contribution is 2.25. The molecule has 11 heteroatoms. The van der Waals surface area contributed by atoms with Crippen molar-refractivity contribution in [2.75, 3.05) is 0 Å². The standard InChI is InChI=1S/C15H14F4N6O/c1-7-3-8(22-24(7)2)6-20-15(26)10-5-12-21-9(13(16)17)4-11(14(18)19)25(12)23-10/h3-5,13-14H,6H2,1-2H3,(H,20,26). The van der Waals surface area contributed by atoms with Gasteiger partial charge in [0.2, 0.25) is 0 Å². The van der Waals surface area contributed by atoms with Crippen LogP contribution in [0.15, 0.2) is 18.2 Å². The average molecular weight is 370 g/mol. The van der Waals surface area contributed by atoms with Crippen molar-refractivity contribution in [1.29, 1.82) is 0 Å². The highest BCUT2D eigenvalue weighted by molar-refractivity contribution is 5.93. The summed E-state index contributed by atoms with van der Waals surface area (Å²) in [6.45, 7) is 1.95. The second-order valence-electron chi connectivity index (χ2n) is 5.59. The highest BCUT2D eigenvalue weighted by atomic mass is 19.3. The summed E-state index contributed by atoms with van der Waals surface area (Å²) in [5, 5.41) is 10.5. The van der Waals surface area contributed by atoms with E-state index in [0.29, 0.717) is 16.3 Å². The summed E-state index contributed by atoms with van der Waals surface area (Å²) in [6, 6.07) is 3.43. The van der Waals surface area contributed by atoms with E-state index in [9.17, 15) is 22.4 Å². The highest BCUT2D eigenvalue weighted by Gasteiger charge is 2.22. The summed E-state index contributed by atoms with van der Waals surface area (Å²) in [5.74, 6) is -0.655. The van der Waals surface area contributed by atoms with E-state index < -0.39 is 30.1 Å². The smallest absolute Gasteiger partial charge is 0.280 e. The third-order valence-corrected chi connectivity index (χ3v) is 3.75. The number of fused-ring (bicyclic) bond motifs is 1. The van der Waals surface area contributed by atoms with E-state index >= 15 is 0 Å². The number of rotatable bonds is 5. The molecular weight excluding hydrogens is 356 g/mol. The summed E-state index contributed by atoms with van der Waals surface area (Å²) in [6.07, 6.45) is -6.07. The molecule has 3 heterocycles. The zero-order chi connectivity index (χ0) is 19.0. The van der Waals surface area contributed by atoms with Gasteiger partial charge in [0.15, 0.2) is 11.3 Å². The van der Waals surface area contributed by atoms with Crippen LogP contribution >= 0.6 is 0 Å². The first-order chi connectivity index (χ1) is 12.3. The second-order valence-corrected chi connectivity index (χ2v) is 5.59. The molecule has 0 atom stereocenters. The molecular formula is C15H14F4N6O. The lowest BCUT2D eigenvalue weighted by Gasteiger charge is -2.06. The van der Waals surface area contributed by atoms with Gasteiger partial charge in [-0.2, -0.15) is 10.2 Å². The van der Waals surface area contributed by atoms with E-state index in [4.69, 9.17) is 0 Å². The maximum absolute atomic E-state index is 13.1. The van der Waals surface area contributed by atoms with Crippen LogP contribution in [0.3, 0.4) is 0 Å². The molecule has 1 amide bonds. The Balaban J connectivity index is 1.87. The first-order valence-corrected chi connectivity index (χ1v) is 7.51. The number of hydrogen-bond donors (Lipinski definition) is 1. The number of carbonyl (C=O) groups is 1. The molecule has 0 radical (unpaired) electrons.